The molecule has 0 amide bonds. The summed E-state index contributed by atoms with van der Waals surface area (Å²) in [6.07, 6.45) is 1.52. The van der Waals surface area contributed by atoms with Crippen LogP contribution >= 0.6 is 58.0 Å². The summed E-state index contributed by atoms with van der Waals surface area (Å²) < 4.78 is 1.16. The SMILES string of the molecule is O=c1c(-c2cccc3c2N=N3)c[nH]n1-c1c(Cl)c(Cl)c(Cl)c(Cl)c1Cl. The molecule has 0 saturated carbocycles. The number of nitrogens with one attached hydrogen (secondary N) is 1. The average Bonchev–Trinajstić information content (AvgIpc) is 2.94. The van der Waals surface area contributed by atoms with Crippen LogP contribution in [0.15, 0.2) is 39.4 Å². The van der Waals surface area contributed by atoms with Gasteiger partial charge in [-0.1, -0.05) is 70.1 Å². The highest BCUT2D eigenvalue weighted by Gasteiger charge is 2.24. The fraction of sp³-hybridized carbons (Fsp3) is 0. The Morgan fingerprint density at radius 1 is 0.840 bits per heavy atom. The van der Waals surface area contributed by atoms with E-state index in [1.54, 1.807) is 12.1 Å². The van der Waals surface area contributed by atoms with E-state index in [4.69, 9.17) is 58.0 Å². The normalized spacial score (nSPS) is 12.2. The zero-order valence-corrected chi connectivity index (χ0v) is 15.7. The van der Waals surface area contributed by atoms with Gasteiger partial charge >= 0.3 is 0 Å². The summed E-state index contributed by atoms with van der Waals surface area (Å²) in [6, 6.07) is 5.37. The molecule has 0 unspecified atom stereocenters. The maximum Gasteiger partial charge on any atom is 0.279 e. The van der Waals surface area contributed by atoms with Gasteiger partial charge < -0.3 is 0 Å². The molecule has 25 heavy (non-hydrogen) atoms. The number of benzene rings is 2. The maximum absolute atomic E-state index is 12.9. The van der Waals surface area contributed by atoms with E-state index in [2.05, 4.69) is 15.3 Å². The minimum Gasteiger partial charge on any atom is -0.297 e. The van der Waals surface area contributed by atoms with E-state index in [0.717, 1.165) is 10.4 Å². The van der Waals surface area contributed by atoms with Crippen molar-refractivity contribution in [3.63, 3.8) is 0 Å². The first-order chi connectivity index (χ1) is 11.9. The molecule has 1 aliphatic heterocycles. The number of hydrogen-bond acceptors (Lipinski definition) is 3. The molecule has 0 radical (unpaired) electrons. The van der Waals surface area contributed by atoms with E-state index in [1.165, 1.54) is 6.20 Å². The third kappa shape index (κ3) is 2.42. The summed E-state index contributed by atoms with van der Waals surface area (Å²) in [5.74, 6) is 0. The van der Waals surface area contributed by atoms with Crippen molar-refractivity contribution < 1.29 is 0 Å². The van der Waals surface area contributed by atoms with Gasteiger partial charge in [0, 0.05) is 11.8 Å². The lowest BCUT2D eigenvalue weighted by atomic mass is 10.1. The summed E-state index contributed by atoms with van der Waals surface area (Å²) in [7, 11) is 0. The number of H-pyrrole nitrogens is 1. The van der Waals surface area contributed by atoms with Gasteiger partial charge in [0.15, 0.2) is 0 Å². The highest BCUT2D eigenvalue weighted by Crippen LogP contribution is 2.46. The molecule has 126 valence electrons. The highest BCUT2D eigenvalue weighted by molar-refractivity contribution is 6.56. The number of aromatic amines is 1. The molecule has 1 aliphatic rings. The Bertz CT molecular complexity index is 1100. The van der Waals surface area contributed by atoms with Gasteiger partial charge in [0.2, 0.25) is 0 Å². The number of rotatable bonds is 2. The standard InChI is InChI=1S/C15H5Cl5N4O/c16-8-9(17)11(19)14(12(20)10(8)18)24-15(25)6(4-21-24)5-2-1-3-7-13(5)23-22-7/h1-4,21H. The molecule has 0 saturated heterocycles. The fourth-order valence-corrected chi connectivity index (χ4v) is 3.81. The first kappa shape index (κ1) is 16.9. The Labute approximate surface area is 165 Å². The Morgan fingerprint density at radius 3 is 2.08 bits per heavy atom. The van der Waals surface area contributed by atoms with Gasteiger partial charge in [-0.25, -0.2) is 4.68 Å². The molecule has 0 fully saturated rings. The molecule has 0 spiro atoms. The number of fused-ring (bicyclic) bond motifs is 1. The summed E-state index contributed by atoms with van der Waals surface area (Å²) in [5, 5.41) is 10.7. The minimum absolute atomic E-state index is 0.00776. The number of aromatic nitrogens is 2. The lowest BCUT2D eigenvalue weighted by Gasteiger charge is -2.12. The summed E-state index contributed by atoms with van der Waals surface area (Å²) in [4.78, 5) is 12.9. The zero-order valence-electron chi connectivity index (χ0n) is 11.9. The summed E-state index contributed by atoms with van der Waals surface area (Å²) >= 11 is 30.6. The predicted octanol–water partition coefficient (Wildman–Crippen LogP) is 6.83. The van der Waals surface area contributed by atoms with Gasteiger partial charge in [-0.3, -0.25) is 9.89 Å². The van der Waals surface area contributed by atoms with Crippen molar-refractivity contribution in [1.29, 1.82) is 0 Å². The topological polar surface area (TPSA) is 62.5 Å². The van der Waals surface area contributed by atoms with Crippen LogP contribution in [0.3, 0.4) is 0 Å². The third-order valence-corrected chi connectivity index (χ3v) is 6.00. The first-order valence-electron chi connectivity index (χ1n) is 6.79. The van der Waals surface area contributed by atoms with Gasteiger partial charge in [0.25, 0.3) is 5.56 Å². The number of azo groups is 1. The second-order valence-electron chi connectivity index (χ2n) is 5.12. The molecule has 1 N–H and O–H groups in total. The zero-order chi connectivity index (χ0) is 17.9. The molecule has 0 atom stereocenters. The third-order valence-electron chi connectivity index (χ3n) is 3.74. The van der Waals surface area contributed by atoms with Crippen LogP contribution in [-0.2, 0) is 0 Å². The predicted molar refractivity (Wildman–Crippen MR) is 101 cm³/mol. The van der Waals surface area contributed by atoms with E-state index < -0.39 is 5.56 Å². The van der Waals surface area contributed by atoms with Crippen molar-refractivity contribution in [2.45, 2.75) is 0 Å². The highest BCUT2D eigenvalue weighted by atomic mass is 35.5. The maximum atomic E-state index is 12.9. The van der Waals surface area contributed by atoms with Crippen molar-refractivity contribution >= 4 is 69.4 Å². The van der Waals surface area contributed by atoms with Crippen molar-refractivity contribution in [1.82, 2.24) is 9.78 Å². The molecule has 1 aromatic heterocycles. The Hall–Kier alpha value is -1.50. The molecular formula is C15H5Cl5N4O. The Morgan fingerprint density at radius 2 is 1.48 bits per heavy atom. The molecule has 0 bridgehead atoms. The molecule has 2 heterocycles. The number of hydrogen-bond donors (Lipinski definition) is 1. The monoisotopic (exact) mass is 432 g/mol. The molecule has 4 rings (SSSR count). The average molecular weight is 434 g/mol. The molecule has 10 heteroatoms. The van der Waals surface area contributed by atoms with E-state index in [-0.39, 0.29) is 30.8 Å². The molecule has 5 nitrogen and oxygen atoms in total. The van der Waals surface area contributed by atoms with Crippen LogP contribution in [-0.4, -0.2) is 9.78 Å². The van der Waals surface area contributed by atoms with E-state index in [0.29, 0.717) is 16.8 Å². The second kappa shape index (κ2) is 6.04. The van der Waals surface area contributed by atoms with Gasteiger partial charge in [-0.05, 0) is 6.07 Å². The lowest BCUT2D eigenvalue weighted by Crippen LogP contribution is -2.17. The van der Waals surface area contributed by atoms with Crippen LogP contribution in [0, 0.1) is 0 Å². The molecule has 3 aromatic rings. The molecule has 2 aromatic carbocycles. The summed E-state index contributed by atoms with van der Waals surface area (Å²) in [5.41, 5.74) is 2.12. The van der Waals surface area contributed by atoms with Crippen molar-refractivity contribution in [3.8, 4) is 16.8 Å². The smallest absolute Gasteiger partial charge is 0.279 e. The Kier molecular flexibility index (Phi) is 4.09. The second-order valence-corrected chi connectivity index (χ2v) is 7.01. The van der Waals surface area contributed by atoms with Gasteiger partial charge in [-0.2, -0.15) is 0 Å². The molecule has 0 aliphatic carbocycles. The Balaban J connectivity index is 1.96. The van der Waals surface area contributed by atoms with Crippen LogP contribution in [0.1, 0.15) is 0 Å². The van der Waals surface area contributed by atoms with Crippen molar-refractivity contribution in [2.24, 2.45) is 10.2 Å². The van der Waals surface area contributed by atoms with Crippen molar-refractivity contribution in [3.05, 3.63) is 59.9 Å². The largest absolute Gasteiger partial charge is 0.297 e. The van der Waals surface area contributed by atoms with Crippen LogP contribution in [0.25, 0.3) is 16.8 Å². The number of nitrogens with zero attached hydrogens (tertiary/aromatic N) is 3. The van der Waals surface area contributed by atoms with Gasteiger partial charge in [0.1, 0.15) is 17.1 Å². The van der Waals surface area contributed by atoms with E-state index in [1.807, 2.05) is 6.07 Å². The van der Waals surface area contributed by atoms with Crippen LogP contribution in [0.5, 0.6) is 0 Å². The van der Waals surface area contributed by atoms with Crippen LogP contribution < -0.4 is 5.56 Å². The quantitative estimate of drug-likeness (QED) is 0.273. The van der Waals surface area contributed by atoms with E-state index >= 15 is 0 Å². The molecular weight excluding hydrogens is 429 g/mol. The van der Waals surface area contributed by atoms with Gasteiger partial charge in [-0.15, -0.1) is 10.2 Å². The van der Waals surface area contributed by atoms with Crippen LogP contribution in [0.4, 0.5) is 11.4 Å². The van der Waals surface area contributed by atoms with E-state index in [9.17, 15) is 4.79 Å². The van der Waals surface area contributed by atoms with Crippen LogP contribution in [0.2, 0.25) is 25.1 Å². The minimum atomic E-state index is -0.395. The lowest BCUT2D eigenvalue weighted by molar-refractivity contribution is 0.850. The van der Waals surface area contributed by atoms with Gasteiger partial charge in [0.05, 0.1) is 30.7 Å². The first-order valence-corrected chi connectivity index (χ1v) is 8.68. The number of halogens is 5. The fourth-order valence-electron chi connectivity index (χ4n) is 2.51. The summed E-state index contributed by atoms with van der Waals surface area (Å²) in [6.45, 7) is 0. The van der Waals surface area contributed by atoms with Crippen molar-refractivity contribution in [2.75, 3.05) is 0 Å².